The normalized spacial score (nSPS) is 20.7. The number of carbonyl (C=O) groups is 1. The minimum absolute atomic E-state index is 0.144. The van der Waals surface area contributed by atoms with Crippen molar-refractivity contribution in [2.24, 2.45) is 5.92 Å². The highest BCUT2D eigenvalue weighted by Crippen LogP contribution is 2.36. The average Bonchev–Trinajstić information content (AvgIpc) is 2.35. The van der Waals surface area contributed by atoms with Crippen molar-refractivity contribution in [3.8, 4) is 0 Å². The molecule has 0 aromatic heterocycles. The minimum Gasteiger partial charge on any atom is -0.326 e. The molecule has 1 unspecified atom stereocenters. The molecule has 0 aliphatic carbocycles. The molecule has 0 fully saturated rings. The number of hydrogen-bond acceptors (Lipinski definition) is 1. The van der Waals surface area contributed by atoms with Crippen LogP contribution in [-0.4, -0.2) is 5.91 Å². The van der Waals surface area contributed by atoms with E-state index >= 15 is 0 Å². The van der Waals surface area contributed by atoms with Crippen molar-refractivity contribution < 1.29 is 4.79 Å². The molecule has 2 nitrogen and oxygen atoms in total. The predicted molar refractivity (Wildman–Crippen MR) is 61.9 cm³/mol. The van der Waals surface area contributed by atoms with E-state index in [4.69, 9.17) is 0 Å². The SMILES string of the molecule is CC(C)C1CCC(=O)Nc2ccccc21. The van der Waals surface area contributed by atoms with Gasteiger partial charge in [-0.25, -0.2) is 0 Å². The lowest BCUT2D eigenvalue weighted by molar-refractivity contribution is -0.116. The van der Waals surface area contributed by atoms with E-state index < -0.39 is 0 Å². The molecule has 2 rings (SSSR count). The van der Waals surface area contributed by atoms with Crippen molar-refractivity contribution in [1.29, 1.82) is 0 Å². The number of anilines is 1. The van der Waals surface area contributed by atoms with Crippen molar-refractivity contribution in [3.63, 3.8) is 0 Å². The van der Waals surface area contributed by atoms with Gasteiger partial charge in [0.1, 0.15) is 0 Å². The highest BCUT2D eigenvalue weighted by atomic mass is 16.1. The van der Waals surface area contributed by atoms with Gasteiger partial charge in [0, 0.05) is 12.1 Å². The molecule has 1 aliphatic heterocycles. The molecule has 1 N–H and O–H groups in total. The van der Waals surface area contributed by atoms with E-state index in [9.17, 15) is 4.79 Å². The second-order valence-electron chi connectivity index (χ2n) is 4.52. The molecule has 2 heteroatoms. The maximum Gasteiger partial charge on any atom is 0.224 e. The van der Waals surface area contributed by atoms with Gasteiger partial charge >= 0.3 is 0 Å². The average molecular weight is 203 g/mol. The van der Waals surface area contributed by atoms with E-state index in [1.165, 1.54) is 5.56 Å². The van der Waals surface area contributed by atoms with Gasteiger partial charge in [-0.2, -0.15) is 0 Å². The summed E-state index contributed by atoms with van der Waals surface area (Å²) < 4.78 is 0. The van der Waals surface area contributed by atoms with Gasteiger partial charge in [0.15, 0.2) is 0 Å². The van der Waals surface area contributed by atoms with Crippen molar-refractivity contribution in [3.05, 3.63) is 29.8 Å². The molecule has 1 atom stereocenters. The van der Waals surface area contributed by atoms with Crippen LogP contribution in [0, 0.1) is 5.92 Å². The summed E-state index contributed by atoms with van der Waals surface area (Å²) >= 11 is 0. The maximum absolute atomic E-state index is 11.5. The zero-order valence-electron chi connectivity index (χ0n) is 9.29. The second-order valence-corrected chi connectivity index (χ2v) is 4.52. The van der Waals surface area contributed by atoms with Crippen molar-refractivity contribution in [2.45, 2.75) is 32.6 Å². The summed E-state index contributed by atoms with van der Waals surface area (Å²) in [5, 5.41) is 2.97. The van der Waals surface area contributed by atoms with E-state index in [-0.39, 0.29) is 5.91 Å². The minimum atomic E-state index is 0.144. The Balaban J connectivity index is 2.42. The Morgan fingerprint density at radius 2 is 2.07 bits per heavy atom. The van der Waals surface area contributed by atoms with Crippen LogP contribution < -0.4 is 5.32 Å². The van der Waals surface area contributed by atoms with Gasteiger partial charge < -0.3 is 5.32 Å². The number of fused-ring (bicyclic) bond motifs is 1. The smallest absolute Gasteiger partial charge is 0.224 e. The largest absolute Gasteiger partial charge is 0.326 e. The van der Waals surface area contributed by atoms with Crippen LogP contribution in [0.4, 0.5) is 5.69 Å². The maximum atomic E-state index is 11.5. The van der Waals surface area contributed by atoms with Crippen LogP contribution >= 0.6 is 0 Å². The van der Waals surface area contributed by atoms with E-state index in [1.807, 2.05) is 18.2 Å². The molecule has 1 aromatic carbocycles. The molecule has 0 radical (unpaired) electrons. The topological polar surface area (TPSA) is 29.1 Å². The van der Waals surface area contributed by atoms with Gasteiger partial charge in [-0.15, -0.1) is 0 Å². The van der Waals surface area contributed by atoms with Crippen LogP contribution in [0.25, 0.3) is 0 Å². The van der Waals surface area contributed by atoms with Crippen LogP contribution in [0.1, 0.15) is 38.2 Å². The highest BCUT2D eigenvalue weighted by Gasteiger charge is 2.23. The number of para-hydroxylation sites is 1. The second kappa shape index (κ2) is 4.05. The predicted octanol–water partition coefficient (Wildman–Crippen LogP) is 3.16. The first-order valence-corrected chi connectivity index (χ1v) is 5.57. The lowest BCUT2D eigenvalue weighted by Gasteiger charge is -2.20. The van der Waals surface area contributed by atoms with Crippen LogP contribution in [0.5, 0.6) is 0 Å². The Morgan fingerprint density at radius 1 is 1.33 bits per heavy atom. The van der Waals surface area contributed by atoms with E-state index in [0.29, 0.717) is 18.3 Å². The number of hydrogen-bond donors (Lipinski definition) is 1. The molecule has 0 bridgehead atoms. The summed E-state index contributed by atoms with van der Waals surface area (Å²) in [5.74, 6) is 1.23. The number of rotatable bonds is 1. The number of carbonyl (C=O) groups excluding carboxylic acids is 1. The molecular formula is C13H17NO. The molecule has 80 valence electrons. The third-order valence-corrected chi connectivity index (χ3v) is 3.12. The molecule has 0 spiro atoms. The molecule has 0 saturated heterocycles. The van der Waals surface area contributed by atoms with Gasteiger partial charge in [0.05, 0.1) is 0 Å². The molecule has 1 aromatic rings. The Labute approximate surface area is 90.7 Å². The first kappa shape index (κ1) is 10.2. The third-order valence-electron chi connectivity index (χ3n) is 3.12. The van der Waals surface area contributed by atoms with Gasteiger partial charge in [-0.3, -0.25) is 4.79 Å². The van der Waals surface area contributed by atoms with Crippen LogP contribution in [0.2, 0.25) is 0 Å². The standard InChI is InChI=1S/C13H17NO/c1-9(2)10-7-8-13(15)14-12-6-4-3-5-11(10)12/h3-6,9-10H,7-8H2,1-2H3,(H,14,15). The Kier molecular flexibility index (Phi) is 2.76. The lowest BCUT2D eigenvalue weighted by Crippen LogP contribution is -2.08. The first-order chi connectivity index (χ1) is 7.18. The lowest BCUT2D eigenvalue weighted by atomic mass is 9.85. The summed E-state index contributed by atoms with van der Waals surface area (Å²) in [6, 6.07) is 8.15. The van der Waals surface area contributed by atoms with Crippen LogP contribution in [-0.2, 0) is 4.79 Å². The summed E-state index contributed by atoms with van der Waals surface area (Å²) in [5.41, 5.74) is 2.29. The number of benzene rings is 1. The number of nitrogens with one attached hydrogen (secondary N) is 1. The van der Waals surface area contributed by atoms with Crippen molar-refractivity contribution in [1.82, 2.24) is 0 Å². The van der Waals surface area contributed by atoms with Gasteiger partial charge in [-0.1, -0.05) is 32.0 Å². The fraction of sp³-hybridized carbons (Fsp3) is 0.462. The molecular weight excluding hydrogens is 186 g/mol. The molecule has 1 amide bonds. The molecule has 15 heavy (non-hydrogen) atoms. The fourth-order valence-corrected chi connectivity index (χ4v) is 2.28. The molecule has 1 aliphatic rings. The van der Waals surface area contributed by atoms with Crippen molar-refractivity contribution in [2.75, 3.05) is 5.32 Å². The molecule has 1 heterocycles. The van der Waals surface area contributed by atoms with Gasteiger partial charge in [0.2, 0.25) is 5.91 Å². The Bertz CT molecular complexity index is 371. The zero-order valence-corrected chi connectivity index (χ0v) is 9.29. The summed E-state index contributed by atoms with van der Waals surface area (Å²) in [4.78, 5) is 11.5. The highest BCUT2D eigenvalue weighted by molar-refractivity contribution is 5.92. The third kappa shape index (κ3) is 2.04. The summed E-state index contributed by atoms with van der Waals surface area (Å²) in [7, 11) is 0. The van der Waals surface area contributed by atoms with Gasteiger partial charge in [0.25, 0.3) is 0 Å². The fourth-order valence-electron chi connectivity index (χ4n) is 2.28. The van der Waals surface area contributed by atoms with Crippen LogP contribution in [0.15, 0.2) is 24.3 Å². The summed E-state index contributed by atoms with van der Waals surface area (Å²) in [6.07, 6.45) is 1.60. The van der Waals surface area contributed by atoms with Crippen molar-refractivity contribution >= 4 is 11.6 Å². The summed E-state index contributed by atoms with van der Waals surface area (Å²) in [6.45, 7) is 4.44. The Hall–Kier alpha value is -1.31. The number of amides is 1. The van der Waals surface area contributed by atoms with E-state index in [2.05, 4.69) is 25.2 Å². The van der Waals surface area contributed by atoms with Crippen LogP contribution in [0.3, 0.4) is 0 Å². The quantitative estimate of drug-likeness (QED) is 0.746. The molecule has 0 saturated carbocycles. The Morgan fingerprint density at radius 3 is 2.80 bits per heavy atom. The zero-order chi connectivity index (χ0) is 10.8. The monoisotopic (exact) mass is 203 g/mol. The van der Waals surface area contributed by atoms with Gasteiger partial charge in [-0.05, 0) is 29.9 Å². The van der Waals surface area contributed by atoms with E-state index in [0.717, 1.165) is 12.1 Å². The van der Waals surface area contributed by atoms with E-state index in [1.54, 1.807) is 0 Å². The first-order valence-electron chi connectivity index (χ1n) is 5.57.